The van der Waals surface area contributed by atoms with Crippen molar-refractivity contribution in [2.24, 2.45) is 0 Å². The summed E-state index contributed by atoms with van der Waals surface area (Å²) in [6, 6.07) is 5.50. The quantitative estimate of drug-likeness (QED) is 0.547. The van der Waals surface area contributed by atoms with Crippen molar-refractivity contribution in [3.63, 3.8) is 0 Å². The second-order valence-electron chi connectivity index (χ2n) is 7.47. The fourth-order valence-electron chi connectivity index (χ4n) is 3.68. The first-order valence-electron chi connectivity index (χ1n) is 9.90. The van der Waals surface area contributed by atoms with Crippen LogP contribution in [-0.2, 0) is 0 Å². The molecule has 1 aliphatic rings. The number of likely N-dealkylation sites (tertiary alicyclic amines) is 1. The molecule has 4 aromatic rings. The number of thiazole rings is 1. The van der Waals surface area contributed by atoms with E-state index in [0.717, 1.165) is 41.7 Å². The van der Waals surface area contributed by atoms with E-state index < -0.39 is 0 Å². The standard InChI is InChI=1S/C21H20N6O2S/c1-13-10-22-18-15(11-23-27(18)12-13)19(28)25-21-24-16-6-5-14(9-17(16)30-21)20(29)26-7-3-2-4-8-26/h5-6,9-12H,2-4,7-8H2,1H3,(H,24,25,28). The number of benzene rings is 1. The first kappa shape index (κ1) is 18.7. The number of rotatable bonds is 3. The molecule has 1 aromatic carbocycles. The summed E-state index contributed by atoms with van der Waals surface area (Å²) in [6.45, 7) is 3.54. The third-order valence-electron chi connectivity index (χ3n) is 5.23. The summed E-state index contributed by atoms with van der Waals surface area (Å²) >= 11 is 1.35. The average Bonchev–Trinajstić information content (AvgIpc) is 3.36. The highest BCUT2D eigenvalue weighted by atomic mass is 32.1. The van der Waals surface area contributed by atoms with Gasteiger partial charge in [0.25, 0.3) is 11.8 Å². The van der Waals surface area contributed by atoms with Gasteiger partial charge >= 0.3 is 0 Å². The van der Waals surface area contributed by atoms with Crippen molar-refractivity contribution in [3.8, 4) is 0 Å². The van der Waals surface area contributed by atoms with Crippen molar-refractivity contribution in [1.82, 2.24) is 24.5 Å². The van der Waals surface area contributed by atoms with Crippen molar-refractivity contribution >= 4 is 44.1 Å². The monoisotopic (exact) mass is 420 g/mol. The Labute approximate surface area is 176 Å². The molecule has 30 heavy (non-hydrogen) atoms. The molecule has 0 spiro atoms. The Hall–Kier alpha value is -3.33. The fourth-order valence-corrected chi connectivity index (χ4v) is 4.58. The van der Waals surface area contributed by atoms with E-state index in [1.165, 1.54) is 24.0 Å². The van der Waals surface area contributed by atoms with Crippen LogP contribution in [0.25, 0.3) is 15.9 Å². The number of hydrogen-bond acceptors (Lipinski definition) is 6. The summed E-state index contributed by atoms with van der Waals surface area (Å²) in [5.74, 6) is -0.256. The Morgan fingerprint density at radius 1 is 1.13 bits per heavy atom. The van der Waals surface area contributed by atoms with Crippen molar-refractivity contribution < 1.29 is 9.59 Å². The predicted octanol–water partition coefficient (Wildman–Crippen LogP) is 3.53. The maximum atomic E-state index is 12.8. The largest absolute Gasteiger partial charge is 0.339 e. The van der Waals surface area contributed by atoms with Crippen LogP contribution < -0.4 is 5.32 Å². The SMILES string of the molecule is Cc1cnc2c(C(=O)Nc3nc4ccc(C(=O)N5CCCCC5)cc4s3)cnn2c1. The molecular formula is C21H20N6O2S. The number of nitrogens with zero attached hydrogens (tertiary/aromatic N) is 5. The predicted molar refractivity (Wildman–Crippen MR) is 115 cm³/mol. The highest BCUT2D eigenvalue weighted by molar-refractivity contribution is 7.22. The molecule has 0 unspecified atom stereocenters. The van der Waals surface area contributed by atoms with Gasteiger partial charge in [-0.3, -0.25) is 14.9 Å². The number of carbonyl (C=O) groups is 2. The molecule has 1 saturated heterocycles. The Kier molecular flexibility index (Phi) is 4.66. The molecule has 9 heteroatoms. The molecule has 2 amide bonds. The van der Waals surface area contributed by atoms with E-state index in [1.807, 2.05) is 36.2 Å². The Morgan fingerprint density at radius 2 is 1.97 bits per heavy atom. The lowest BCUT2D eigenvalue weighted by Gasteiger charge is -2.26. The molecule has 0 bridgehead atoms. The maximum Gasteiger partial charge on any atom is 0.262 e. The van der Waals surface area contributed by atoms with E-state index in [1.54, 1.807) is 10.7 Å². The topological polar surface area (TPSA) is 92.5 Å². The molecule has 0 atom stereocenters. The summed E-state index contributed by atoms with van der Waals surface area (Å²) in [5, 5.41) is 7.50. The lowest BCUT2D eigenvalue weighted by Crippen LogP contribution is -2.35. The lowest BCUT2D eigenvalue weighted by molar-refractivity contribution is 0.0724. The summed E-state index contributed by atoms with van der Waals surface area (Å²) in [7, 11) is 0. The van der Waals surface area contributed by atoms with Gasteiger partial charge < -0.3 is 4.90 Å². The van der Waals surface area contributed by atoms with Crippen molar-refractivity contribution in [2.75, 3.05) is 18.4 Å². The number of aromatic nitrogens is 4. The van der Waals surface area contributed by atoms with Gasteiger partial charge in [-0.05, 0) is 49.9 Å². The molecule has 3 aromatic heterocycles. The van der Waals surface area contributed by atoms with E-state index >= 15 is 0 Å². The third kappa shape index (κ3) is 3.41. The first-order chi connectivity index (χ1) is 14.6. The van der Waals surface area contributed by atoms with E-state index in [4.69, 9.17) is 0 Å². The first-order valence-corrected chi connectivity index (χ1v) is 10.7. The lowest BCUT2D eigenvalue weighted by atomic mass is 10.1. The smallest absolute Gasteiger partial charge is 0.262 e. The van der Waals surface area contributed by atoms with Gasteiger partial charge in [0.2, 0.25) is 0 Å². The Bertz CT molecular complexity index is 1270. The summed E-state index contributed by atoms with van der Waals surface area (Å²) in [6.07, 6.45) is 8.32. The minimum absolute atomic E-state index is 0.0586. The second-order valence-corrected chi connectivity index (χ2v) is 8.50. The number of nitrogens with one attached hydrogen (secondary N) is 1. The molecule has 1 N–H and O–H groups in total. The molecule has 4 heterocycles. The molecule has 1 fully saturated rings. The number of carbonyl (C=O) groups excluding carboxylic acids is 2. The molecule has 5 rings (SSSR count). The van der Waals surface area contributed by atoms with E-state index in [9.17, 15) is 9.59 Å². The van der Waals surface area contributed by atoms with E-state index in [0.29, 0.717) is 21.9 Å². The zero-order valence-electron chi connectivity index (χ0n) is 16.5. The minimum atomic E-state index is -0.315. The molecule has 0 aliphatic carbocycles. The van der Waals surface area contributed by atoms with Crippen LogP contribution in [0.5, 0.6) is 0 Å². The fraction of sp³-hybridized carbons (Fsp3) is 0.286. The highest BCUT2D eigenvalue weighted by Gasteiger charge is 2.20. The van der Waals surface area contributed by atoms with Crippen LogP contribution in [0.1, 0.15) is 45.5 Å². The number of hydrogen-bond donors (Lipinski definition) is 1. The summed E-state index contributed by atoms with van der Waals surface area (Å²) in [5.41, 5.74) is 3.25. The average molecular weight is 420 g/mol. The summed E-state index contributed by atoms with van der Waals surface area (Å²) < 4.78 is 2.45. The number of fused-ring (bicyclic) bond motifs is 2. The maximum absolute atomic E-state index is 12.8. The Morgan fingerprint density at radius 3 is 2.80 bits per heavy atom. The van der Waals surface area contributed by atoms with Gasteiger partial charge in [-0.1, -0.05) is 11.3 Å². The number of anilines is 1. The van der Waals surface area contributed by atoms with Crippen molar-refractivity contribution in [3.05, 3.63) is 53.5 Å². The van der Waals surface area contributed by atoms with Crippen LogP contribution in [0.2, 0.25) is 0 Å². The van der Waals surface area contributed by atoms with Gasteiger partial charge in [-0.15, -0.1) is 0 Å². The number of piperidine rings is 1. The van der Waals surface area contributed by atoms with Crippen LogP contribution in [0, 0.1) is 6.92 Å². The molecular weight excluding hydrogens is 400 g/mol. The minimum Gasteiger partial charge on any atom is -0.339 e. The molecule has 0 radical (unpaired) electrons. The van der Waals surface area contributed by atoms with E-state index in [-0.39, 0.29) is 11.8 Å². The van der Waals surface area contributed by atoms with Gasteiger partial charge in [0.1, 0.15) is 5.56 Å². The zero-order chi connectivity index (χ0) is 20.7. The van der Waals surface area contributed by atoms with Gasteiger partial charge in [0, 0.05) is 31.0 Å². The van der Waals surface area contributed by atoms with Crippen LogP contribution in [0.4, 0.5) is 5.13 Å². The zero-order valence-corrected chi connectivity index (χ0v) is 17.3. The number of amides is 2. The molecule has 8 nitrogen and oxygen atoms in total. The van der Waals surface area contributed by atoms with Crippen molar-refractivity contribution in [2.45, 2.75) is 26.2 Å². The van der Waals surface area contributed by atoms with Crippen LogP contribution in [0.3, 0.4) is 0 Å². The van der Waals surface area contributed by atoms with Crippen molar-refractivity contribution in [1.29, 1.82) is 0 Å². The van der Waals surface area contributed by atoms with Crippen LogP contribution >= 0.6 is 11.3 Å². The molecule has 0 saturated carbocycles. The third-order valence-corrected chi connectivity index (χ3v) is 6.16. The van der Waals surface area contributed by atoms with E-state index in [2.05, 4.69) is 20.4 Å². The molecule has 152 valence electrons. The van der Waals surface area contributed by atoms with Crippen LogP contribution in [-0.4, -0.2) is 49.4 Å². The van der Waals surface area contributed by atoms with Gasteiger partial charge in [-0.2, -0.15) is 5.10 Å². The Balaban J connectivity index is 1.38. The summed E-state index contributed by atoms with van der Waals surface area (Å²) in [4.78, 5) is 36.2. The number of aryl methyl sites for hydroxylation is 1. The highest BCUT2D eigenvalue weighted by Crippen LogP contribution is 2.28. The van der Waals surface area contributed by atoms with Gasteiger partial charge in [0.05, 0.1) is 16.4 Å². The van der Waals surface area contributed by atoms with Gasteiger partial charge in [0.15, 0.2) is 10.8 Å². The normalized spacial score (nSPS) is 14.4. The van der Waals surface area contributed by atoms with Crippen LogP contribution in [0.15, 0.2) is 36.8 Å². The second kappa shape index (κ2) is 7.49. The van der Waals surface area contributed by atoms with Gasteiger partial charge in [-0.25, -0.2) is 14.5 Å². The molecule has 1 aliphatic heterocycles.